The first-order chi connectivity index (χ1) is 28.0. The van der Waals surface area contributed by atoms with E-state index in [2.05, 4.69) is 72.4 Å². The summed E-state index contributed by atoms with van der Waals surface area (Å²) in [6.07, 6.45) is 0.683. The lowest BCUT2D eigenvalue weighted by Crippen LogP contribution is -2.47. The Morgan fingerprint density at radius 1 is 1.00 bits per heavy atom. The van der Waals surface area contributed by atoms with Gasteiger partial charge in [0.05, 0.1) is 46.3 Å². The fourth-order valence-electron chi connectivity index (χ4n) is 8.74. The molecular formula is C43H52N7O7P. The van der Waals surface area contributed by atoms with Crippen molar-refractivity contribution in [2.75, 3.05) is 33.2 Å². The zero-order valence-electron chi connectivity index (χ0n) is 34.0. The highest BCUT2D eigenvalue weighted by molar-refractivity contribution is 7.44. The smallest absolute Gasteiger partial charge is 0.283 e. The number of hydrogen-bond donors (Lipinski definition) is 2. The molecule has 306 valence electrons. The number of aromatic nitrogens is 4. The van der Waals surface area contributed by atoms with Gasteiger partial charge in [0.15, 0.2) is 11.2 Å². The number of H-pyrrole nitrogens is 1. The molecule has 1 saturated carbocycles. The molecule has 2 fully saturated rings. The third kappa shape index (κ3) is 7.47. The summed E-state index contributed by atoms with van der Waals surface area (Å²) in [6.45, 7) is 10.8. The highest BCUT2D eigenvalue weighted by atomic mass is 31.2. The molecule has 0 amide bonds. The van der Waals surface area contributed by atoms with Crippen LogP contribution in [0.15, 0.2) is 90.0 Å². The van der Waals surface area contributed by atoms with E-state index in [0.29, 0.717) is 17.9 Å². The summed E-state index contributed by atoms with van der Waals surface area (Å²) < 4.78 is 43.2. The van der Waals surface area contributed by atoms with Crippen LogP contribution >= 0.6 is 8.53 Å². The molecule has 14 nitrogen and oxygen atoms in total. The molecule has 1 aliphatic heterocycles. The van der Waals surface area contributed by atoms with Crippen LogP contribution in [0.2, 0.25) is 0 Å². The van der Waals surface area contributed by atoms with Gasteiger partial charge in [-0.3, -0.25) is 4.79 Å². The van der Waals surface area contributed by atoms with E-state index >= 15 is 0 Å². The molecule has 3 aromatic carbocycles. The van der Waals surface area contributed by atoms with Crippen molar-refractivity contribution in [1.29, 1.82) is 5.26 Å². The van der Waals surface area contributed by atoms with Crippen molar-refractivity contribution in [3.05, 3.63) is 112 Å². The van der Waals surface area contributed by atoms with Gasteiger partial charge in [0, 0.05) is 18.0 Å². The Kier molecular flexibility index (Phi) is 12.2. The average Bonchev–Trinajstić information content (AvgIpc) is 3.89. The number of methoxy groups -OCH3 is 2. The summed E-state index contributed by atoms with van der Waals surface area (Å²) in [5, 5.41) is 9.46. The maximum absolute atomic E-state index is 14.2. The Labute approximate surface area is 340 Å². The second kappa shape index (κ2) is 17.2. The first-order valence-corrected chi connectivity index (χ1v) is 20.7. The Bertz CT molecular complexity index is 2210. The second-order valence-corrected chi connectivity index (χ2v) is 16.9. The summed E-state index contributed by atoms with van der Waals surface area (Å²) >= 11 is 0. The number of nitrogen functional groups attached to an aromatic ring is 1. The summed E-state index contributed by atoms with van der Waals surface area (Å²) in [7, 11) is 1.55. The number of aromatic amines is 1. The van der Waals surface area contributed by atoms with E-state index < -0.39 is 37.6 Å². The molecule has 3 N–H and O–H groups in total. The van der Waals surface area contributed by atoms with Crippen LogP contribution < -0.4 is 20.8 Å². The minimum absolute atomic E-state index is 0.0159. The summed E-state index contributed by atoms with van der Waals surface area (Å²) in [5.74, 6) is 1.00. The van der Waals surface area contributed by atoms with Gasteiger partial charge < -0.3 is 38.7 Å². The lowest BCUT2D eigenvalue weighted by molar-refractivity contribution is -0.173. The average molecular weight is 810 g/mol. The fraction of sp³-hybridized carbons (Fsp3) is 0.442. The zero-order valence-corrected chi connectivity index (χ0v) is 34.9. The van der Waals surface area contributed by atoms with Gasteiger partial charge in [0.2, 0.25) is 5.95 Å². The van der Waals surface area contributed by atoms with E-state index in [1.54, 1.807) is 14.2 Å². The first kappa shape index (κ1) is 41.3. The van der Waals surface area contributed by atoms with Gasteiger partial charge in [0.25, 0.3) is 14.1 Å². The SMILES string of the molecule is COc1ccc(C(OC[C@@]23C[C@@H](C)[C@@H]([C@H](n4c(N)nc5nc[nH]c5c4=O)O2)[C@@H]3OP(OCCC#N)N(C(C)C)C(C)C)(c2ccccc2)c2ccc(OC)cc2)cc1. The minimum Gasteiger partial charge on any atom is -0.497 e. The normalized spacial score (nSPS) is 22.2. The number of imidazole rings is 1. The molecule has 1 unspecified atom stereocenters. The number of nitrogens with two attached hydrogens (primary N) is 1. The Hall–Kier alpha value is -4.87. The number of nitriles is 1. The van der Waals surface area contributed by atoms with Gasteiger partial charge >= 0.3 is 0 Å². The summed E-state index contributed by atoms with van der Waals surface area (Å²) in [5.41, 5.74) is 6.98. The van der Waals surface area contributed by atoms with E-state index in [4.69, 9.17) is 33.7 Å². The van der Waals surface area contributed by atoms with E-state index in [1.807, 2.05) is 66.7 Å². The molecule has 2 aliphatic rings. The maximum atomic E-state index is 14.2. The molecule has 0 spiro atoms. The van der Waals surface area contributed by atoms with Crippen LogP contribution in [-0.4, -0.2) is 75.4 Å². The molecule has 1 aliphatic carbocycles. The van der Waals surface area contributed by atoms with Gasteiger partial charge in [-0.25, -0.2) is 14.2 Å². The maximum Gasteiger partial charge on any atom is 0.283 e. The van der Waals surface area contributed by atoms with Crippen LogP contribution in [0.4, 0.5) is 5.95 Å². The summed E-state index contributed by atoms with van der Waals surface area (Å²) in [4.78, 5) is 25.8. The molecule has 15 heteroatoms. The van der Waals surface area contributed by atoms with Crippen molar-refractivity contribution >= 4 is 25.6 Å². The van der Waals surface area contributed by atoms with Crippen LogP contribution in [0.3, 0.4) is 0 Å². The topological polar surface area (TPSA) is 172 Å². The van der Waals surface area contributed by atoms with Crippen molar-refractivity contribution in [2.45, 2.75) is 83.1 Å². The van der Waals surface area contributed by atoms with Crippen molar-refractivity contribution in [3.63, 3.8) is 0 Å². The van der Waals surface area contributed by atoms with Gasteiger partial charge in [0.1, 0.15) is 35.0 Å². The monoisotopic (exact) mass is 809 g/mol. The Balaban J connectivity index is 1.39. The number of hydrogen-bond acceptors (Lipinski definition) is 12. The standard InChI is InChI=1S/C43H52N7O7P/c1-27(2)50(28(3)4)58(55-23-11-22-44)57-37-35-29(5)24-42(37,56-40(35)49-39(51)36-38(47-26-46-36)48-41(49)45)25-54-43(30-12-9-8-10-13-30,31-14-18-33(52-6)19-15-31)32-16-20-34(53-7)21-17-32/h8-10,12-21,26-29,35,37,40H,11,23-25H2,1-7H3,(H2,45,48)(H,46,47)/t29-,35-,37+,40-,42-,58?/m1/s1. The number of ether oxygens (including phenoxy) is 4. The number of anilines is 1. The van der Waals surface area contributed by atoms with Gasteiger partial charge in [-0.1, -0.05) is 61.5 Å². The third-order valence-electron chi connectivity index (χ3n) is 11.2. The third-order valence-corrected chi connectivity index (χ3v) is 13.3. The quantitative estimate of drug-likeness (QED) is 0.0546. The highest BCUT2D eigenvalue weighted by Gasteiger charge is 2.66. The van der Waals surface area contributed by atoms with E-state index in [9.17, 15) is 10.1 Å². The largest absolute Gasteiger partial charge is 0.497 e. The predicted molar refractivity (Wildman–Crippen MR) is 221 cm³/mol. The predicted octanol–water partition coefficient (Wildman–Crippen LogP) is 7.31. The molecule has 5 aromatic rings. The number of nitrogens with one attached hydrogen (secondary N) is 1. The minimum atomic E-state index is -1.73. The van der Waals surface area contributed by atoms with Gasteiger partial charge in [-0.05, 0) is 81.0 Å². The Morgan fingerprint density at radius 3 is 2.17 bits per heavy atom. The molecule has 7 rings (SSSR count). The van der Waals surface area contributed by atoms with Crippen molar-refractivity contribution in [3.8, 4) is 17.6 Å². The molecule has 6 atom stereocenters. The van der Waals surface area contributed by atoms with Gasteiger partial charge in [-0.15, -0.1) is 0 Å². The van der Waals surface area contributed by atoms with Crippen molar-refractivity contribution in [2.24, 2.45) is 11.8 Å². The van der Waals surface area contributed by atoms with Gasteiger partial charge in [-0.2, -0.15) is 10.2 Å². The van der Waals surface area contributed by atoms with Crippen LogP contribution in [0.25, 0.3) is 11.2 Å². The van der Waals surface area contributed by atoms with Crippen LogP contribution in [0.1, 0.15) is 70.4 Å². The number of benzene rings is 3. The number of fused-ring (bicyclic) bond motifs is 3. The molecule has 2 aromatic heterocycles. The van der Waals surface area contributed by atoms with Crippen molar-refractivity contribution < 1.29 is 28.0 Å². The zero-order chi connectivity index (χ0) is 41.2. The lowest BCUT2D eigenvalue weighted by atomic mass is 9.79. The molecule has 58 heavy (non-hydrogen) atoms. The second-order valence-electron chi connectivity index (χ2n) is 15.4. The van der Waals surface area contributed by atoms with E-state index in [-0.39, 0.29) is 60.7 Å². The first-order valence-electron chi connectivity index (χ1n) is 19.6. The van der Waals surface area contributed by atoms with E-state index in [1.165, 1.54) is 10.9 Å². The molecular weight excluding hydrogens is 757 g/mol. The molecule has 2 bridgehead atoms. The van der Waals surface area contributed by atoms with Crippen LogP contribution in [0.5, 0.6) is 11.5 Å². The number of nitrogens with zero attached hydrogens (tertiary/aromatic N) is 5. The fourth-order valence-corrected chi connectivity index (χ4v) is 10.6. The lowest BCUT2D eigenvalue weighted by Gasteiger charge is -2.42. The highest BCUT2D eigenvalue weighted by Crippen LogP contribution is 2.62. The number of rotatable bonds is 17. The van der Waals surface area contributed by atoms with E-state index in [0.717, 1.165) is 16.7 Å². The molecule has 3 heterocycles. The van der Waals surface area contributed by atoms with Crippen molar-refractivity contribution in [1.82, 2.24) is 24.2 Å². The van der Waals surface area contributed by atoms with Crippen LogP contribution in [0, 0.1) is 23.2 Å². The molecule has 0 radical (unpaired) electrons. The summed E-state index contributed by atoms with van der Waals surface area (Å²) in [6, 6.07) is 28.1. The molecule has 1 saturated heterocycles. The van der Waals surface area contributed by atoms with Crippen LogP contribution in [-0.2, 0) is 24.1 Å². The Morgan fingerprint density at radius 2 is 1.60 bits per heavy atom.